The van der Waals surface area contributed by atoms with Gasteiger partial charge in [-0.05, 0) is 13.3 Å². The van der Waals surface area contributed by atoms with Gasteiger partial charge in [0.2, 0.25) is 5.91 Å². The lowest BCUT2D eigenvalue weighted by molar-refractivity contribution is -0.121. The summed E-state index contributed by atoms with van der Waals surface area (Å²) in [7, 11) is 0. The molecule has 5 heteroatoms. The minimum Gasteiger partial charge on any atom is -0.354 e. The van der Waals surface area contributed by atoms with E-state index < -0.39 is 0 Å². The fraction of sp³-hybridized carbons (Fsp3) is 0.700. The summed E-state index contributed by atoms with van der Waals surface area (Å²) in [5.41, 5.74) is 1.31. The van der Waals surface area contributed by atoms with Gasteiger partial charge in [-0.2, -0.15) is 0 Å². The van der Waals surface area contributed by atoms with E-state index in [2.05, 4.69) is 10.6 Å². The molecule has 0 aromatic carbocycles. The van der Waals surface area contributed by atoms with Crippen molar-refractivity contribution in [2.45, 2.75) is 32.7 Å². The molecule has 0 saturated carbocycles. The van der Waals surface area contributed by atoms with Crippen LogP contribution in [0.2, 0.25) is 0 Å². The highest BCUT2D eigenvalue weighted by Crippen LogP contribution is 2.00. The molecule has 1 unspecified atom stereocenters. The molecule has 0 heterocycles. The van der Waals surface area contributed by atoms with E-state index in [1.54, 1.807) is 0 Å². The average Bonchev–Trinajstić information content (AvgIpc) is 2.23. The summed E-state index contributed by atoms with van der Waals surface area (Å²) in [5, 5.41) is 6.43. The summed E-state index contributed by atoms with van der Waals surface area (Å²) >= 11 is 11.0. The quantitative estimate of drug-likeness (QED) is 0.683. The molecule has 88 valence electrons. The lowest BCUT2D eigenvalue weighted by Gasteiger charge is -2.11. The molecule has 0 aliphatic rings. The number of hydrogen-bond acceptors (Lipinski definition) is 2. The first kappa shape index (κ1) is 14.8. The van der Waals surface area contributed by atoms with Crippen LogP contribution >= 0.6 is 23.2 Å². The molecule has 0 spiro atoms. The van der Waals surface area contributed by atoms with Gasteiger partial charge in [0.15, 0.2) is 0 Å². The number of carbonyl (C=O) groups excluding carboxylic acids is 1. The highest BCUT2D eigenvalue weighted by atomic mass is 35.5. The first-order chi connectivity index (χ1) is 7.10. The van der Waals surface area contributed by atoms with Gasteiger partial charge in [-0.25, -0.2) is 0 Å². The van der Waals surface area contributed by atoms with E-state index in [0.717, 1.165) is 6.42 Å². The molecule has 1 amide bonds. The van der Waals surface area contributed by atoms with Gasteiger partial charge in [-0.1, -0.05) is 30.1 Å². The fourth-order valence-corrected chi connectivity index (χ4v) is 1.07. The smallest absolute Gasteiger partial charge is 0.221 e. The number of hydrogen-bond donors (Lipinski definition) is 2. The van der Waals surface area contributed by atoms with Crippen LogP contribution in [0.4, 0.5) is 0 Å². The van der Waals surface area contributed by atoms with E-state index in [-0.39, 0.29) is 11.9 Å². The van der Waals surface area contributed by atoms with Gasteiger partial charge in [0, 0.05) is 36.1 Å². The Labute approximate surface area is 101 Å². The largest absolute Gasteiger partial charge is 0.354 e. The van der Waals surface area contributed by atoms with Crippen molar-refractivity contribution in [3.63, 3.8) is 0 Å². The zero-order valence-electron chi connectivity index (χ0n) is 9.15. The maximum Gasteiger partial charge on any atom is 0.221 e. The van der Waals surface area contributed by atoms with Crippen LogP contribution < -0.4 is 10.6 Å². The minimum atomic E-state index is 0.0582. The maximum absolute atomic E-state index is 11.3. The summed E-state index contributed by atoms with van der Waals surface area (Å²) in [6, 6.07) is 0.240. The monoisotopic (exact) mass is 252 g/mol. The van der Waals surface area contributed by atoms with Crippen LogP contribution in [0.15, 0.2) is 10.6 Å². The van der Waals surface area contributed by atoms with Crippen LogP contribution in [0.25, 0.3) is 0 Å². The second-order valence-electron chi connectivity index (χ2n) is 3.36. The summed E-state index contributed by atoms with van der Waals surface area (Å²) in [4.78, 5) is 11.3. The van der Waals surface area contributed by atoms with Crippen LogP contribution in [-0.2, 0) is 4.79 Å². The highest BCUT2D eigenvalue weighted by Gasteiger charge is 2.04. The van der Waals surface area contributed by atoms with Gasteiger partial charge in [0.1, 0.15) is 0 Å². The van der Waals surface area contributed by atoms with Crippen LogP contribution in [0.5, 0.6) is 0 Å². The van der Waals surface area contributed by atoms with Crippen molar-refractivity contribution in [1.82, 2.24) is 10.6 Å². The van der Waals surface area contributed by atoms with Gasteiger partial charge in [0.25, 0.3) is 0 Å². The number of amides is 1. The molecule has 0 rings (SSSR count). The van der Waals surface area contributed by atoms with Crippen molar-refractivity contribution in [1.29, 1.82) is 0 Å². The number of halogens is 2. The Morgan fingerprint density at radius 1 is 1.53 bits per heavy atom. The third kappa shape index (κ3) is 8.73. The summed E-state index contributed by atoms with van der Waals surface area (Å²) < 4.78 is 0. The second kappa shape index (κ2) is 9.01. The van der Waals surface area contributed by atoms with Crippen molar-refractivity contribution in [3.05, 3.63) is 10.6 Å². The molecule has 0 fully saturated rings. The molecule has 0 aliphatic heterocycles. The highest BCUT2D eigenvalue weighted by molar-refractivity contribution is 6.36. The van der Waals surface area contributed by atoms with Crippen molar-refractivity contribution in [3.8, 4) is 0 Å². The van der Waals surface area contributed by atoms with Crippen LogP contribution in [0, 0.1) is 0 Å². The third-order valence-corrected chi connectivity index (χ3v) is 2.58. The first-order valence-electron chi connectivity index (χ1n) is 5.05. The Morgan fingerprint density at radius 3 is 2.73 bits per heavy atom. The lowest BCUT2D eigenvalue weighted by atomic mass is 10.2. The Hall–Kier alpha value is -0.250. The van der Waals surface area contributed by atoms with Gasteiger partial charge < -0.3 is 10.6 Å². The first-order valence-corrected chi connectivity index (χ1v) is 5.86. The summed E-state index contributed by atoms with van der Waals surface area (Å²) in [5.74, 6) is 0.0582. The Balaban J connectivity index is 3.47. The molecule has 0 aromatic heterocycles. The number of carbonyl (C=O) groups is 1. The fourth-order valence-electron chi connectivity index (χ4n) is 0.897. The van der Waals surface area contributed by atoms with Crippen molar-refractivity contribution in [2.24, 2.45) is 0 Å². The third-order valence-electron chi connectivity index (χ3n) is 1.96. The molecule has 0 aliphatic carbocycles. The predicted octanol–water partition coefficient (Wildman–Crippen LogP) is 2.20. The maximum atomic E-state index is 11.3. The van der Waals surface area contributed by atoms with Gasteiger partial charge >= 0.3 is 0 Å². The van der Waals surface area contributed by atoms with E-state index in [1.165, 1.54) is 5.54 Å². The molecule has 1 atom stereocenters. The predicted molar refractivity (Wildman–Crippen MR) is 65.2 cm³/mol. The van der Waals surface area contributed by atoms with Crippen molar-refractivity contribution < 1.29 is 4.79 Å². The SMILES string of the molecule is CCC(C)NC(=O)CCNCC(Cl)=CCl. The Kier molecular flexibility index (Phi) is 8.86. The van der Waals surface area contributed by atoms with Crippen LogP contribution in [0.1, 0.15) is 26.7 Å². The molecule has 0 radical (unpaired) electrons. The van der Waals surface area contributed by atoms with Gasteiger partial charge in [0.05, 0.1) is 0 Å². The molecule has 0 bridgehead atoms. The molecule has 3 nitrogen and oxygen atoms in total. The van der Waals surface area contributed by atoms with E-state index in [1.807, 2.05) is 13.8 Å². The van der Waals surface area contributed by atoms with E-state index >= 15 is 0 Å². The molecule has 15 heavy (non-hydrogen) atoms. The minimum absolute atomic E-state index is 0.0582. The van der Waals surface area contributed by atoms with Crippen LogP contribution in [-0.4, -0.2) is 25.0 Å². The van der Waals surface area contributed by atoms with E-state index in [0.29, 0.717) is 24.5 Å². The number of rotatable bonds is 7. The normalized spacial score (nSPS) is 13.7. The molecule has 0 aromatic rings. The van der Waals surface area contributed by atoms with Crippen molar-refractivity contribution >= 4 is 29.1 Å². The van der Waals surface area contributed by atoms with E-state index in [4.69, 9.17) is 23.2 Å². The summed E-state index contributed by atoms with van der Waals surface area (Å²) in [6.07, 6.45) is 1.40. The Morgan fingerprint density at radius 2 is 2.20 bits per heavy atom. The average molecular weight is 253 g/mol. The zero-order chi connectivity index (χ0) is 11.7. The molecular weight excluding hydrogens is 235 g/mol. The second-order valence-corrected chi connectivity index (χ2v) is 4.06. The van der Waals surface area contributed by atoms with Crippen LogP contribution in [0.3, 0.4) is 0 Å². The topological polar surface area (TPSA) is 41.1 Å². The van der Waals surface area contributed by atoms with E-state index in [9.17, 15) is 4.79 Å². The van der Waals surface area contributed by atoms with Crippen molar-refractivity contribution in [2.75, 3.05) is 13.1 Å². The number of nitrogens with one attached hydrogen (secondary N) is 2. The molecule has 2 N–H and O–H groups in total. The van der Waals surface area contributed by atoms with Gasteiger partial charge in [-0.15, -0.1) is 0 Å². The molecule has 0 saturated heterocycles. The van der Waals surface area contributed by atoms with Gasteiger partial charge in [-0.3, -0.25) is 4.79 Å². The molecular formula is C10H18Cl2N2O. The zero-order valence-corrected chi connectivity index (χ0v) is 10.7. The standard InChI is InChI=1S/C10H18Cl2N2O/c1-3-8(2)14-10(15)4-5-13-7-9(12)6-11/h6,8,13H,3-5,7H2,1-2H3,(H,14,15). The lowest BCUT2D eigenvalue weighted by Crippen LogP contribution is -2.34. The summed E-state index contributed by atoms with van der Waals surface area (Å²) in [6.45, 7) is 5.12. The Bertz CT molecular complexity index is 219.